The molecule has 0 fully saturated rings. The molecule has 0 aromatic heterocycles. The maximum Gasteiger partial charge on any atom is 0.0684 e. The molecule has 0 aromatic carbocycles. The van der Waals surface area contributed by atoms with Crippen LogP contribution in [-0.2, 0) is 10.8 Å². The van der Waals surface area contributed by atoms with E-state index in [-0.39, 0.29) is 10.2 Å². The van der Waals surface area contributed by atoms with Crippen LogP contribution in [0.3, 0.4) is 0 Å². The molecular weight excluding hydrogens is 182 g/mol. The summed E-state index contributed by atoms with van der Waals surface area (Å²) < 4.78 is 11.5. The molecule has 0 bridgehead atoms. The first-order chi connectivity index (χ1) is 5.69. The summed E-state index contributed by atoms with van der Waals surface area (Å²) in [6.07, 6.45) is 0.702. The van der Waals surface area contributed by atoms with Crippen LogP contribution in [-0.4, -0.2) is 14.7 Å². The molecule has 0 aliphatic rings. The first kappa shape index (κ1) is 12.6. The lowest BCUT2D eigenvalue weighted by Crippen LogP contribution is -2.26. The van der Waals surface area contributed by atoms with Gasteiger partial charge in [-0.1, -0.05) is 0 Å². The Labute approximate surface area is 83.8 Å². The third kappa shape index (κ3) is 5.05. The molecule has 0 saturated heterocycles. The molecule has 76 valence electrons. The molecule has 0 aliphatic heterocycles. The minimum atomic E-state index is -0.837. The summed E-state index contributed by atoms with van der Waals surface area (Å²) in [6.45, 7) is 9.65. The van der Waals surface area contributed by atoms with Crippen LogP contribution in [0.15, 0.2) is 0 Å². The maximum absolute atomic E-state index is 11.6. The first-order valence-electron chi connectivity index (χ1n) is 4.49. The van der Waals surface area contributed by atoms with E-state index in [1.165, 1.54) is 0 Å². The topological polar surface area (TPSA) is 40.9 Å². The van der Waals surface area contributed by atoms with Crippen LogP contribution in [0.1, 0.15) is 41.0 Å². The van der Waals surface area contributed by atoms with Crippen molar-refractivity contribution in [2.75, 3.05) is 5.75 Å². The number of nitrogens with zero attached hydrogens (tertiary/aromatic N) is 1. The molecule has 0 rings (SSSR count). The second-order valence-corrected chi connectivity index (χ2v) is 7.23. The van der Waals surface area contributed by atoms with Crippen molar-refractivity contribution in [1.29, 1.82) is 5.26 Å². The summed E-state index contributed by atoms with van der Waals surface area (Å²) in [5.41, 5.74) is -0.346. The molecule has 1 atom stereocenters. The lowest BCUT2D eigenvalue weighted by Gasteiger charge is -2.20. The fraction of sp³-hybridized carbons (Fsp3) is 0.900. The Morgan fingerprint density at radius 1 is 1.23 bits per heavy atom. The Balaban J connectivity index is 4.08. The molecule has 0 heterocycles. The summed E-state index contributed by atoms with van der Waals surface area (Å²) in [4.78, 5) is 0. The lowest BCUT2D eigenvalue weighted by molar-refractivity contribution is 0.477. The van der Waals surface area contributed by atoms with Gasteiger partial charge in [-0.25, -0.2) is 0 Å². The summed E-state index contributed by atoms with van der Waals surface area (Å²) in [7, 11) is -0.837. The lowest BCUT2D eigenvalue weighted by atomic mass is 9.93. The SMILES string of the molecule is CC(C)(C#N)CCS(=O)C(C)(C)C. The van der Waals surface area contributed by atoms with Gasteiger partial charge in [-0.05, 0) is 41.0 Å². The van der Waals surface area contributed by atoms with E-state index in [1.54, 1.807) is 0 Å². The second kappa shape index (κ2) is 4.23. The summed E-state index contributed by atoms with van der Waals surface area (Å²) in [5, 5.41) is 8.76. The molecule has 0 aromatic rings. The Morgan fingerprint density at radius 3 is 2.00 bits per heavy atom. The van der Waals surface area contributed by atoms with Crippen molar-refractivity contribution in [2.24, 2.45) is 5.41 Å². The van der Waals surface area contributed by atoms with Crippen molar-refractivity contribution in [3.63, 3.8) is 0 Å². The molecular formula is C10H19NOS. The predicted octanol–water partition coefficient (Wildman–Crippen LogP) is 2.47. The number of hydrogen-bond donors (Lipinski definition) is 0. The van der Waals surface area contributed by atoms with E-state index in [0.29, 0.717) is 12.2 Å². The zero-order valence-electron chi connectivity index (χ0n) is 9.18. The van der Waals surface area contributed by atoms with Gasteiger partial charge in [-0.2, -0.15) is 5.26 Å². The van der Waals surface area contributed by atoms with Gasteiger partial charge in [0.25, 0.3) is 0 Å². The van der Waals surface area contributed by atoms with Crippen molar-refractivity contribution in [1.82, 2.24) is 0 Å². The maximum atomic E-state index is 11.6. The van der Waals surface area contributed by atoms with Crippen LogP contribution in [0.2, 0.25) is 0 Å². The molecule has 0 spiro atoms. The van der Waals surface area contributed by atoms with Gasteiger partial charge in [-0.15, -0.1) is 0 Å². The van der Waals surface area contributed by atoms with E-state index in [4.69, 9.17) is 5.26 Å². The molecule has 0 saturated carbocycles. The number of rotatable bonds is 3. The Bertz CT molecular complexity index is 232. The Morgan fingerprint density at radius 2 is 1.69 bits per heavy atom. The van der Waals surface area contributed by atoms with Gasteiger partial charge < -0.3 is 0 Å². The van der Waals surface area contributed by atoms with Gasteiger partial charge in [0, 0.05) is 21.3 Å². The van der Waals surface area contributed by atoms with Crippen LogP contribution in [0.4, 0.5) is 0 Å². The van der Waals surface area contributed by atoms with Crippen molar-refractivity contribution in [3.8, 4) is 6.07 Å². The van der Waals surface area contributed by atoms with Gasteiger partial charge in [0.05, 0.1) is 11.5 Å². The zero-order chi connectivity index (χ0) is 10.7. The minimum absolute atomic E-state index is 0.161. The molecule has 1 unspecified atom stereocenters. The van der Waals surface area contributed by atoms with Crippen LogP contribution in [0.5, 0.6) is 0 Å². The monoisotopic (exact) mass is 201 g/mol. The summed E-state index contributed by atoms with van der Waals surface area (Å²) >= 11 is 0. The highest BCUT2D eigenvalue weighted by Gasteiger charge is 2.23. The minimum Gasteiger partial charge on any atom is -0.259 e. The Kier molecular flexibility index (Phi) is 4.12. The van der Waals surface area contributed by atoms with E-state index in [1.807, 2.05) is 34.6 Å². The van der Waals surface area contributed by atoms with E-state index in [2.05, 4.69) is 6.07 Å². The molecule has 0 aliphatic carbocycles. The third-order valence-corrected chi connectivity index (χ3v) is 3.84. The molecule has 2 nitrogen and oxygen atoms in total. The van der Waals surface area contributed by atoms with Crippen LogP contribution >= 0.6 is 0 Å². The van der Waals surface area contributed by atoms with E-state index < -0.39 is 10.8 Å². The molecule has 0 radical (unpaired) electrons. The van der Waals surface area contributed by atoms with Crippen molar-refractivity contribution >= 4 is 10.8 Å². The average molecular weight is 201 g/mol. The third-order valence-electron chi connectivity index (χ3n) is 1.90. The highest BCUT2D eigenvalue weighted by Crippen LogP contribution is 2.21. The number of hydrogen-bond acceptors (Lipinski definition) is 2. The molecule has 13 heavy (non-hydrogen) atoms. The fourth-order valence-electron chi connectivity index (χ4n) is 0.710. The fourth-order valence-corrected chi connectivity index (χ4v) is 2.02. The van der Waals surface area contributed by atoms with Crippen molar-refractivity contribution in [3.05, 3.63) is 0 Å². The molecule has 0 N–H and O–H groups in total. The van der Waals surface area contributed by atoms with E-state index in [9.17, 15) is 4.21 Å². The van der Waals surface area contributed by atoms with Crippen molar-refractivity contribution < 1.29 is 4.21 Å². The van der Waals surface area contributed by atoms with Gasteiger partial charge in [0.2, 0.25) is 0 Å². The second-order valence-electron chi connectivity index (χ2n) is 4.91. The smallest absolute Gasteiger partial charge is 0.0684 e. The zero-order valence-corrected chi connectivity index (χ0v) is 9.99. The number of nitriles is 1. The van der Waals surface area contributed by atoms with Crippen LogP contribution in [0, 0.1) is 16.7 Å². The molecule has 0 amide bonds. The summed E-state index contributed by atoms with van der Waals surface area (Å²) in [5.74, 6) is 0.615. The van der Waals surface area contributed by atoms with Gasteiger partial charge in [0.1, 0.15) is 0 Å². The quantitative estimate of drug-likeness (QED) is 0.704. The largest absolute Gasteiger partial charge is 0.259 e. The van der Waals surface area contributed by atoms with Gasteiger partial charge >= 0.3 is 0 Å². The van der Waals surface area contributed by atoms with Crippen molar-refractivity contribution in [2.45, 2.75) is 45.8 Å². The van der Waals surface area contributed by atoms with Crippen LogP contribution < -0.4 is 0 Å². The van der Waals surface area contributed by atoms with E-state index >= 15 is 0 Å². The Hall–Kier alpha value is -0.360. The highest BCUT2D eigenvalue weighted by molar-refractivity contribution is 7.86. The van der Waals surface area contributed by atoms with Gasteiger partial charge in [-0.3, -0.25) is 4.21 Å². The van der Waals surface area contributed by atoms with Gasteiger partial charge in [0.15, 0.2) is 0 Å². The normalized spacial score (nSPS) is 15.1. The first-order valence-corrected chi connectivity index (χ1v) is 5.81. The van der Waals surface area contributed by atoms with Crippen LogP contribution in [0.25, 0.3) is 0 Å². The summed E-state index contributed by atoms with van der Waals surface area (Å²) in [6, 6.07) is 2.21. The highest BCUT2D eigenvalue weighted by atomic mass is 32.2. The standard InChI is InChI=1S/C10H19NOS/c1-9(2,3)13(12)7-6-10(4,5)8-11/h6-7H2,1-5H3. The predicted molar refractivity (Wildman–Crippen MR) is 56.8 cm³/mol. The van der Waals surface area contributed by atoms with E-state index in [0.717, 1.165) is 0 Å². The average Bonchev–Trinajstić information content (AvgIpc) is 1.98. The molecule has 3 heteroatoms.